The van der Waals surface area contributed by atoms with Crippen molar-refractivity contribution in [2.24, 2.45) is 0 Å². The first-order chi connectivity index (χ1) is 11.7. The average Bonchev–Trinajstić information content (AvgIpc) is 3.09. The number of amides is 2. The fraction of sp³-hybridized carbons (Fsp3) is 0.375. The van der Waals surface area contributed by atoms with E-state index in [0.717, 1.165) is 0 Å². The van der Waals surface area contributed by atoms with Crippen molar-refractivity contribution in [1.29, 1.82) is 0 Å². The lowest BCUT2D eigenvalue weighted by Gasteiger charge is -2.29. The number of aromatic nitrogens is 2. The maximum absolute atomic E-state index is 14.3. The molecule has 2 amide bonds. The molecule has 1 aliphatic rings. The topological polar surface area (TPSA) is 71.4 Å². The van der Waals surface area contributed by atoms with Crippen molar-refractivity contribution in [3.63, 3.8) is 0 Å². The highest BCUT2D eigenvalue weighted by Crippen LogP contribution is 2.23. The van der Waals surface area contributed by atoms with Crippen LogP contribution >= 0.6 is 0 Å². The van der Waals surface area contributed by atoms with Crippen molar-refractivity contribution in [3.8, 4) is 0 Å². The minimum absolute atomic E-state index is 0.354. The number of carbonyl (C=O) groups excluding carboxylic acids is 1. The first kappa shape index (κ1) is 16.3. The highest BCUT2D eigenvalue weighted by molar-refractivity contribution is 5.89. The van der Waals surface area contributed by atoms with E-state index in [1.807, 2.05) is 15.7 Å². The Morgan fingerprint density at radius 1 is 1.33 bits per heavy atom. The van der Waals surface area contributed by atoms with Gasteiger partial charge in [-0.3, -0.25) is 0 Å². The molecule has 0 unspecified atom stereocenters. The van der Waals surface area contributed by atoms with Gasteiger partial charge in [-0.05, 0) is 18.2 Å². The van der Waals surface area contributed by atoms with E-state index in [0.29, 0.717) is 50.8 Å². The molecule has 2 N–H and O–H groups in total. The van der Waals surface area contributed by atoms with Gasteiger partial charge >= 0.3 is 6.03 Å². The SMILES string of the molecule is O=C(NCCn1ccnc1)Nc1ccc(N2CCOCC2)c(F)c1. The van der Waals surface area contributed by atoms with Crippen molar-refractivity contribution in [3.05, 3.63) is 42.7 Å². The Morgan fingerprint density at radius 3 is 2.88 bits per heavy atom. The van der Waals surface area contributed by atoms with E-state index in [4.69, 9.17) is 4.74 Å². The lowest BCUT2D eigenvalue weighted by molar-refractivity contribution is 0.122. The largest absolute Gasteiger partial charge is 0.378 e. The summed E-state index contributed by atoms with van der Waals surface area (Å²) in [6.45, 7) is 3.60. The number of urea groups is 1. The van der Waals surface area contributed by atoms with Crippen LogP contribution in [-0.2, 0) is 11.3 Å². The highest BCUT2D eigenvalue weighted by Gasteiger charge is 2.15. The predicted octanol–water partition coefficient (Wildman–Crippen LogP) is 1.68. The molecule has 0 radical (unpaired) electrons. The summed E-state index contributed by atoms with van der Waals surface area (Å²) in [6.07, 6.45) is 5.18. The van der Waals surface area contributed by atoms with Gasteiger partial charge in [-0.25, -0.2) is 14.2 Å². The summed E-state index contributed by atoms with van der Waals surface area (Å²) in [6, 6.07) is 4.35. The van der Waals surface area contributed by atoms with Gasteiger partial charge in [-0.15, -0.1) is 0 Å². The van der Waals surface area contributed by atoms with Crippen molar-refractivity contribution >= 4 is 17.4 Å². The maximum Gasteiger partial charge on any atom is 0.319 e. The van der Waals surface area contributed by atoms with Crippen LogP contribution in [0.15, 0.2) is 36.9 Å². The molecule has 128 valence electrons. The van der Waals surface area contributed by atoms with Gasteiger partial charge in [0, 0.05) is 44.3 Å². The summed E-state index contributed by atoms with van der Waals surface area (Å²) in [4.78, 5) is 17.7. The molecule has 3 rings (SSSR count). The zero-order valence-corrected chi connectivity index (χ0v) is 13.2. The molecular formula is C16H20FN5O2. The second-order valence-corrected chi connectivity index (χ2v) is 5.45. The van der Waals surface area contributed by atoms with Gasteiger partial charge in [-0.2, -0.15) is 0 Å². The first-order valence-corrected chi connectivity index (χ1v) is 7.85. The fourth-order valence-electron chi connectivity index (χ4n) is 2.54. The molecule has 0 aliphatic carbocycles. The number of hydrogen-bond donors (Lipinski definition) is 2. The number of halogens is 1. The zero-order chi connectivity index (χ0) is 16.8. The molecule has 1 aromatic heterocycles. The number of imidazole rings is 1. The monoisotopic (exact) mass is 333 g/mol. The lowest BCUT2D eigenvalue weighted by atomic mass is 10.2. The van der Waals surface area contributed by atoms with Crippen LogP contribution in [0.1, 0.15) is 0 Å². The fourth-order valence-corrected chi connectivity index (χ4v) is 2.54. The minimum Gasteiger partial charge on any atom is -0.378 e. The smallest absolute Gasteiger partial charge is 0.319 e. The van der Waals surface area contributed by atoms with Crippen molar-refractivity contribution in [2.75, 3.05) is 43.1 Å². The lowest BCUT2D eigenvalue weighted by Crippen LogP contribution is -2.36. The molecule has 8 heteroatoms. The van der Waals surface area contributed by atoms with Gasteiger partial charge in [0.2, 0.25) is 0 Å². The summed E-state index contributed by atoms with van der Waals surface area (Å²) < 4.78 is 21.4. The van der Waals surface area contributed by atoms with Gasteiger partial charge in [-0.1, -0.05) is 0 Å². The molecular weight excluding hydrogens is 313 g/mol. The van der Waals surface area contributed by atoms with E-state index in [1.54, 1.807) is 24.7 Å². The van der Waals surface area contributed by atoms with Gasteiger partial charge < -0.3 is 24.8 Å². The Labute approximate surface area is 139 Å². The number of rotatable bonds is 5. The third-order valence-corrected chi connectivity index (χ3v) is 3.77. The molecule has 24 heavy (non-hydrogen) atoms. The molecule has 1 saturated heterocycles. The maximum atomic E-state index is 14.3. The van der Waals surface area contributed by atoms with Gasteiger partial charge in [0.25, 0.3) is 0 Å². The number of morpholine rings is 1. The quantitative estimate of drug-likeness (QED) is 0.873. The number of ether oxygens (including phenoxy) is 1. The van der Waals surface area contributed by atoms with Crippen LogP contribution in [0.3, 0.4) is 0 Å². The Balaban J connectivity index is 1.51. The first-order valence-electron chi connectivity index (χ1n) is 7.85. The number of nitrogens with one attached hydrogen (secondary N) is 2. The third kappa shape index (κ3) is 4.23. The Hall–Kier alpha value is -2.61. The summed E-state index contributed by atoms with van der Waals surface area (Å²) in [5.41, 5.74) is 0.953. The Bertz CT molecular complexity index is 671. The van der Waals surface area contributed by atoms with Crippen LogP contribution in [-0.4, -0.2) is 48.4 Å². The molecule has 1 fully saturated rings. The van der Waals surface area contributed by atoms with E-state index in [-0.39, 0.29) is 11.8 Å². The molecule has 0 atom stereocenters. The summed E-state index contributed by atoms with van der Waals surface area (Å²) in [7, 11) is 0. The number of anilines is 2. The van der Waals surface area contributed by atoms with E-state index < -0.39 is 0 Å². The normalized spacial score (nSPS) is 14.5. The summed E-state index contributed by atoms with van der Waals surface area (Å²) in [5.74, 6) is -0.354. The highest BCUT2D eigenvalue weighted by atomic mass is 19.1. The van der Waals surface area contributed by atoms with Crippen LogP contribution < -0.4 is 15.5 Å². The van der Waals surface area contributed by atoms with Gasteiger partial charge in [0.05, 0.1) is 25.2 Å². The van der Waals surface area contributed by atoms with Crippen molar-refractivity contribution in [1.82, 2.24) is 14.9 Å². The second kappa shape index (κ2) is 7.78. The molecule has 7 nitrogen and oxygen atoms in total. The van der Waals surface area contributed by atoms with Crippen molar-refractivity contribution in [2.45, 2.75) is 6.54 Å². The zero-order valence-electron chi connectivity index (χ0n) is 13.2. The number of hydrogen-bond acceptors (Lipinski definition) is 4. The number of benzene rings is 1. The molecule has 2 heterocycles. The molecule has 0 spiro atoms. The van der Waals surface area contributed by atoms with Crippen LogP contribution in [0, 0.1) is 5.82 Å². The molecule has 0 bridgehead atoms. The van der Waals surface area contributed by atoms with Crippen LogP contribution in [0.25, 0.3) is 0 Å². The standard InChI is InChI=1S/C16H20FN5O2/c17-14-11-13(1-2-15(14)22-7-9-24-10-8-22)20-16(23)19-4-6-21-5-3-18-12-21/h1-3,5,11-12H,4,6-10H2,(H2,19,20,23). The van der Waals surface area contributed by atoms with E-state index in [1.165, 1.54) is 6.07 Å². The van der Waals surface area contributed by atoms with Crippen LogP contribution in [0.5, 0.6) is 0 Å². The summed E-state index contributed by atoms with van der Waals surface area (Å²) >= 11 is 0. The Morgan fingerprint density at radius 2 is 2.17 bits per heavy atom. The number of carbonyl (C=O) groups is 1. The Kier molecular flexibility index (Phi) is 5.27. The van der Waals surface area contributed by atoms with Gasteiger partial charge in [0.1, 0.15) is 5.82 Å². The molecule has 2 aromatic rings. The van der Waals surface area contributed by atoms with E-state index in [2.05, 4.69) is 15.6 Å². The molecule has 1 aliphatic heterocycles. The van der Waals surface area contributed by atoms with Crippen LogP contribution in [0.2, 0.25) is 0 Å². The van der Waals surface area contributed by atoms with Gasteiger partial charge in [0.15, 0.2) is 0 Å². The number of nitrogens with zero attached hydrogens (tertiary/aromatic N) is 3. The molecule has 1 aromatic carbocycles. The second-order valence-electron chi connectivity index (χ2n) is 5.45. The van der Waals surface area contributed by atoms with Crippen molar-refractivity contribution < 1.29 is 13.9 Å². The summed E-state index contributed by atoms with van der Waals surface area (Å²) in [5, 5.41) is 5.35. The minimum atomic E-state index is -0.367. The average molecular weight is 333 g/mol. The van der Waals surface area contributed by atoms with Crippen LogP contribution in [0.4, 0.5) is 20.6 Å². The third-order valence-electron chi connectivity index (χ3n) is 3.77. The van der Waals surface area contributed by atoms with E-state index in [9.17, 15) is 9.18 Å². The molecule has 0 saturated carbocycles. The van der Waals surface area contributed by atoms with E-state index >= 15 is 0 Å². The predicted molar refractivity (Wildman–Crippen MR) is 88.7 cm³/mol.